The van der Waals surface area contributed by atoms with Crippen LogP contribution in [0.5, 0.6) is 0 Å². The highest BCUT2D eigenvalue weighted by Gasteiger charge is 2.16. The maximum Gasteiger partial charge on any atom is 0.255 e. The first kappa shape index (κ1) is 16.4. The number of rotatable bonds is 3. The standard InChI is InChI=1S/C18H15BrFN3O/c1-11-17(12(2)23(22-11)14-6-4-3-5-7-14)21-18(24)13-8-9-15(19)16(20)10-13/h3-10H,1-2H3,(H,21,24). The zero-order valence-corrected chi connectivity index (χ0v) is 14.8. The lowest BCUT2D eigenvalue weighted by atomic mass is 10.2. The summed E-state index contributed by atoms with van der Waals surface area (Å²) in [6.07, 6.45) is 0. The summed E-state index contributed by atoms with van der Waals surface area (Å²) < 4.78 is 15.7. The van der Waals surface area contributed by atoms with Crippen LogP contribution < -0.4 is 5.32 Å². The Hall–Kier alpha value is -2.47. The lowest BCUT2D eigenvalue weighted by Crippen LogP contribution is -2.13. The molecule has 0 unspecified atom stereocenters. The molecule has 3 aromatic rings. The van der Waals surface area contributed by atoms with E-state index in [9.17, 15) is 9.18 Å². The molecule has 24 heavy (non-hydrogen) atoms. The van der Waals surface area contributed by atoms with Gasteiger partial charge in [0.25, 0.3) is 5.91 Å². The quantitative estimate of drug-likeness (QED) is 0.711. The molecule has 6 heteroatoms. The van der Waals surface area contributed by atoms with Crippen LogP contribution >= 0.6 is 15.9 Å². The third-order valence-corrected chi connectivity index (χ3v) is 4.36. The van der Waals surface area contributed by atoms with E-state index >= 15 is 0 Å². The Labute approximate surface area is 147 Å². The van der Waals surface area contributed by atoms with Gasteiger partial charge in [0.05, 0.1) is 27.2 Å². The number of benzene rings is 2. The van der Waals surface area contributed by atoms with Gasteiger partial charge in [-0.15, -0.1) is 0 Å². The van der Waals surface area contributed by atoms with E-state index in [0.717, 1.165) is 11.4 Å². The van der Waals surface area contributed by atoms with Gasteiger partial charge < -0.3 is 5.32 Å². The van der Waals surface area contributed by atoms with E-state index in [1.807, 2.05) is 44.2 Å². The molecular formula is C18H15BrFN3O. The average Bonchev–Trinajstić information content (AvgIpc) is 2.86. The summed E-state index contributed by atoms with van der Waals surface area (Å²) in [5, 5.41) is 7.31. The smallest absolute Gasteiger partial charge is 0.255 e. The number of carbonyl (C=O) groups is 1. The van der Waals surface area contributed by atoms with E-state index in [0.29, 0.717) is 15.9 Å². The second-order valence-corrected chi connectivity index (χ2v) is 6.23. The van der Waals surface area contributed by atoms with E-state index in [1.165, 1.54) is 12.1 Å². The van der Waals surface area contributed by atoms with Crippen LogP contribution in [-0.2, 0) is 0 Å². The van der Waals surface area contributed by atoms with Crippen LogP contribution in [0.4, 0.5) is 10.1 Å². The van der Waals surface area contributed by atoms with Gasteiger partial charge in [-0.2, -0.15) is 5.10 Å². The molecule has 0 aliphatic carbocycles. The molecule has 0 spiro atoms. The molecule has 1 N–H and O–H groups in total. The summed E-state index contributed by atoms with van der Waals surface area (Å²) in [5.41, 5.74) is 3.30. The Morgan fingerprint density at radius 2 is 1.88 bits per heavy atom. The van der Waals surface area contributed by atoms with Gasteiger partial charge in [0.2, 0.25) is 0 Å². The van der Waals surface area contributed by atoms with Gasteiger partial charge >= 0.3 is 0 Å². The summed E-state index contributed by atoms with van der Waals surface area (Å²) in [6.45, 7) is 3.70. The van der Waals surface area contributed by atoms with Crippen molar-refractivity contribution in [1.29, 1.82) is 0 Å². The van der Waals surface area contributed by atoms with Gasteiger partial charge in [0, 0.05) is 5.56 Å². The molecule has 0 aliphatic rings. The van der Waals surface area contributed by atoms with Crippen LogP contribution in [0.2, 0.25) is 0 Å². The summed E-state index contributed by atoms with van der Waals surface area (Å²) in [5.74, 6) is -0.851. The highest BCUT2D eigenvalue weighted by molar-refractivity contribution is 9.10. The van der Waals surface area contributed by atoms with Gasteiger partial charge in [-0.1, -0.05) is 18.2 Å². The Morgan fingerprint density at radius 1 is 1.17 bits per heavy atom. The lowest BCUT2D eigenvalue weighted by Gasteiger charge is -2.07. The summed E-state index contributed by atoms with van der Waals surface area (Å²) in [4.78, 5) is 12.4. The van der Waals surface area contributed by atoms with Crippen LogP contribution in [0.3, 0.4) is 0 Å². The Morgan fingerprint density at radius 3 is 2.54 bits per heavy atom. The highest BCUT2D eigenvalue weighted by atomic mass is 79.9. The van der Waals surface area contributed by atoms with E-state index in [4.69, 9.17) is 0 Å². The van der Waals surface area contributed by atoms with Crippen LogP contribution in [-0.4, -0.2) is 15.7 Å². The molecular weight excluding hydrogens is 373 g/mol. The van der Waals surface area contributed by atoms with Crippen molar-refractivity contribution < 1.29 is 9.18 Å². The summed E-state index contributed by atoms with van der Waals surface area (Å²) >= 11 is 3.08. The number of para-hydroxylation sites is 1. The zero-order valence-electron chi connectivity index (χ0n) is 13.2. The monoisotopic (exact) mass is 387 g/mol. The largest absolute Gasteiger partial charge is 0.319 e. The van der Waals surface area contributed by atoms with E-state index in [-0.39, 0.29) is 11.5 Å². The number of halogens is 2. The molecule has 0 bridgehead atoms. The minimum absolute atomic E-state index is 0.252. The van der Waals surface area contributed by atoms with E-state index < -0.39 is 5.82 Å². The van der Waals surface area contributed by atoms with Crippen molar-refractivity contribution in [2.75, 3.05) is 5.32 Å². The van der Waals surface area contributed by atoms with Gasteiger partial charge in [-0.3, -0.25) is 4.79 Å². The second-order valence-electron chi connectivity index (χ2n) is 5.38. The molecule has 2 aromatic carbocycles. The number of hydrogen-bond donors (Lipinski definition) is 1. The van der Waals surface area contributed by atoms with Crippen LogP contribution in [0.15, 0.2) is 53.0 Å². The first-order valence-corrected chi connectivity index (χ1v) is 8.14. The van der Waals surface area contributed by atoms with Gasteiger partial charge in [-0.25, -0.2) is 9.07 Å². The lowest BCUT2D eigenvalue weighted by molar-refractivity contribution is 0.102. The van der Waals surface area contributed by atoms with Crippen molar-refractivity contribution in [3.8, 4) is 5.69 Å². The summed E-state index contributed by atoms with van der Waals surface area (Å²) in [6, 6.07) is 13.9. The molecule has 0 fully saturated rings. The maximum atomic E-state index is 13.6. The van der Waals surface area contributed by atoms with Crippen molar-refractivity contribution in [2.45, 2.75) is 13.8 Å². The van der Waals surface area contributed by atoms with Gasteiger partial charge in [-0.05, 0) is 60.1 Å². The molecule has 1 heterocycles. The Kier molecular flexibility index (Phi) is 4.49. The molecule has 0 saturated heterocycles. The second kappa shape index (κ2) is 6.57. The summed E-state index contributed by atoms with van der Waals surface area (Å²) in [7, 11) is 0. The SMILES string of the molecule is Cc1nn(-c2ccccc2)c(C)c1NC(=O)c1ccc(Br)c(F)c1. The van der Waals surface area contributed by atoms with Crippen molar-refractivity contribution in [3.05, 3.63) is 75.8 Å². The zero-order chi connectivity index (χ0) is 17.3. The fourth-order valence-electron chi connectivity index (χ4n) is 2.47. The molecule has 122 valence electrons. The number of aryl methyl sites for hydroxylation is 1. The predicted octanol–water partition coefficient (Wildman–Crippen LogP) is 4.64. The van der Waals surface area contributed by atoms with Crippen molar-refractivity contribution in [1.82, 2.24) is 9.78 Å². The number of carbonyl (C=O) groups excluding carboxylic acids is 1. The van der Waals surface area contributed by atoms with E-state index in [2.05, 4.69) is 26.3 Å². The first-order valence-electron chi connectivity index (χ1n) is 7.35. The topological polar surface area (TPSA) is 46.9 Å². The molecule has 3 rings (SSSR count). The van der Waals surface area contributed by atoms with Crippen LogP contribution in [0.25, 0.3) is 5.69 Å². The Bertz CT molecular complexity index is 906. The number of aromatic nitrogens is 2. The van der Waals surface area contributed by atoms with Crippen LogP contribution in [0.1, 0.15) is 21.7 Å². The Balaban J connectivity index is 1.92. The van der Waals surface area contributed by atoms with Crippen molar-refractivity contribution in [3.63, 3.8) is 0 Å². The molecule has 4 nitrogen and oxygen atoms in total. The maximum absolute atomic E-state index is 13.6. The molecule has 1 aromatic heterocycles. The number of amides is 1. The number of anilines is 1. The molecule has 0 radical (unpaired) electrons. The fraction of sp³-hybridized carbons (Fsp3) is 0.111. The minimum Gasteiger partial charge on any atom is -0.319 e. The molecule has 0 saturated carbocycles. The number of hydrogen-bond acceptors (Lipinski definition) is 2. The van der Waals surface area contributed by atoms with E-state index in [1.54, 1.807) is 10.7 Å². The highest BCUT2D eigenvalue weighted by Crippen LogP contribution is 2.24. The van der Waals surface area contributed by atoms with Gasteiger partial charge in [0.1, 0.15) is 5.82 Å². The molecule has 0 aliphatic heterocycles. The predicted molar refractivity (Wildman–Crippen MR) is 95.1 cm³/mol. The number of nitrogens with zero attached hydrogens (tertiary/aromatic N) is 2. The first-order chi connectivity index (χ1) is 11.5. The van der Waals surface area contributed by atoms with Crippen molar-refractivity contribution in [2.24, 2.45) is 0 Å². The normalized spacial score (nSPS) is 10.7. The van der Waals surface area contributed by atoms with Gasteiger partial charge in [0.15, 0.2) is 0 Å². The molecule has 1 amide bonds. The van der Waals surface area contributed by atoms with Crippen molar-refractivity contribution >= 4 is 27.5 Å². The third-order valence-electron chi connectivity index (χ3n) is 3.71. The molecule has 0 atom stereocenters. The average molecular weight is 388 g/mol. The van der Waals surface area contributed by atoms with Crippen LogP contribution in [0, 0.1) is 19.7 Å². The minimum atomic E-state index is -0.476. The third kappa shape index (κ3) is 3.10. The fourth-order valence-corrected chi connectivity index (χ4v) is 2.71. The number of nitrogens with one attached hydrogen (secondary N) is 1.